The third kappa shape index (κ3) is 9.43. The van der Waals surface area contributed by atoms with Crippen LogP contribution in [0.1, 0.15) is 77.0 Å². The van der Waals surface area contributed by atoms with Gasteiger partial charge in [0.25, 0.3) is 0 Å². The molecule has 0 spiro atoms. The van der Waals surface area contributed by atoms with Gasteiger partial charge in [0.2, 0.25) is 0 Å². The van der Waals surface area contributed by atoms with Crippen molar-refractivity contribution in [2.45, 2.75) is 82.7 Å². The molecule has 5 nitrogen and oxygen atoms in total. The van der Waals surface area contributed by atoms with Crippen molar-refractivity contribution in [3.8, 4) is 18.0 Å². The van der Waals surface area contributed by atoms with Crippen molar-refractivity contribution in [1.82, 2.24) is 4.90 Å². The predicted molar refractivity (Wildman–Crippen MR) is 93.0 cm³/mol. The largest absolute Gasteiger partial charge is 0.481 e. The zero-order chi connectivity index (χ0) is 17.7. The van der Waals surface area contributed by atoms with E-state index in [2.05, 4.69) is 18.0 Å². The first-order valence-corrected chi connectivity index (χ1v) is 9.15. The Bertz CT molecular complexity index is 465. The Morgan fingerprint density at radius 3 is 2.29 bits per heavy atom. The summed E-state index contributed by atoms with van der Waals surface area (Å²) in [6.45, 7) is 0.991. The molecule has 1 saturated carbocycles. The summed E-state index contributed by atoms with van der Waals surface area (Å²) >= 11 is 0. The Morgan fingerprint density at radius 2 is 1.67 bits per heavy atom. The van der Waals surface area contributed by atoms with Gasteiger partial charge in [0, 0.05) is 13.0 Å². The van der Waals surface area contributed by atoms with Crippen LogP contribution >= 0.6 is 0 Å². The van der Waals surface area contributed by atoms with Gasteiger partial charge in [0.05, 0.1) is 6.54 Å². The molecule has 0 atom stereocenters. The van der Waals surface area contributed by atoms with Gasteiger partial charge in [-0.25, -0.2) is 0 Å². The smallest absolute Gasteiger partial charge is 0.303 e. The minimum atomic E-state index is -0.877. The van der Waals surface area contributed by atoms with Crippen LogP contribution in [0.5, 0.6) is 0 Å². The second kappa shape index (κ2) is 11.8. The minimum absolute atomic E-state index is 0.214. The molecule has 0 unspecified atom stereocenters. The summed E-state index contributed by atoms with van der Waals surface area (Å²) in [5.74, 6) is 5.24. The highest BCUT2D eigenvalue weighted by atomic mass is 16.4. The maximum Gasteiger partial charge on any atom is 0.303 e. The van der Waals surface area contributed by atoms with E-state index in [-0.39, 0.29) is 6.42 Å². The summed E-state index contributed by atoms with van der Waals surface area (Å²) < 4.78 is 0. The summed E-state index contributed by atoms with van der Waals surface area (Å²) in [5, 5.41) is 28.3. The Hall–Kier alpha value is -1.72. The van der Waals surface area contributed by atoms with Crippen molar-refractivity contribution in [1.29, 1.82) is 5.26 Å². The zero-order valence-corrected chi connectivity index (χ0v) is 14.6. The number of aliphatic carboxylic acids is 1. The second-order valence-electron chi connectivity index (χ2n) is 6.68. The monoisotopic (exact) mass is 334 g/mol. The van der Waals surface area contributed by atoms with Crippen molar-refractivity contribution in [2.75, 3.05) is 13.1 Å². The average Bonchev–Trinajstić information content (AvgIpc) is 2.53. The van der Waals surface area contributed by atoms with Crippen molar-refractivity contribution in [3.05, 3.63) is 0 Å². The van der Waals surface area contributed by atoms with E-state index in [1.165, 1.54) is 6.42 Å². The summed E-state index contributed by atoms with van der Waals surface area (Å²) in [7, 11) is 0. The van der Waals surface area contributed by atoms with Gasteiger partial charge in [-0.05, 0) is 38.5 Å². The van der Waals surface area contributed by atoms with Crippen molar-refractivity contribution in [3.63, 3.8) is 0 Å². The molecule has 0 aromatic carbocycles. The maximum atomic E-state index is 10.6. The fraction of sp³-hybridized carbons (Fsp3) is 0.789. The molecule has 1 aliphatic carbocycles. The van der Waals surface area contributed by atoms with E-state index < -0.39 is 11.6 Å². The molecule has 0 aromatic rings. The lowest BCUT2D eigenvalue weighted by Crippen LogP contribution is -2.28. The van der Waals surface area contributed by atoms with Gasteiger partial charge in [-0.2, -0.15) is 5.26 Å². The molecular weight excluding hydrogens is 304 g/mol. The number of carbonyl (C=O) groups is 1. The molecule has 1 fully saturated rings. The number of aliphatic hydroxyl groups is 1. The van der Waals surface area contributed by atoms with Crippen LogP contribution in [0.25, 0.3) is 0 Å². The van der Waals surface area contributed by atoms with Gasteiger partial charge in [-0.15, -0.1) is 0 Å². The normalized spacial score (nSPS) is 16.8. The molecule has 0 saturated heterocycles. The van der Waals surface area contributed by atoms with E-state index >= 15 is 0 Å². The first kappa shape index (κ1) is 20.3. The van der Waals surface area contributed by atoms with Crippen molar-refractivity contribution in [2.24, 2.45) is 0 Å². The zero-order valence-electron chi connectivity index (χ0n) is 14.6. The minimum Gasteiger partial charge on any atom is -0.481 e. The van der Waals surface area contributed by atoms with Gasteiger partial charge in [0.1, 0.15) is 5.60 Å². The first-order valence-electron chi connectivity index (χ1n) is 9.15. The molecule has 0 aromatic heterocycles. The summed E-state index contributed by atoms with van der Waals surface area (Å²) in [6, 6.07) is 0. The Labute approximate surface area is 145 Å². The third-order valence-corrected chi connectivity index (χ3v) is 4.48. The fourth-order valence-corrected chi connectivity index (χ4v) is 3.01. The number of rotatable bonds is 8. The van der Waals surface area contributed by atoms with Gasteiger partial charge in [-0.1, -0.05) is 43.9 Å². The van der Waals surface area contributed by atoms with E-state index in [0.717, 1.165) is 57.8 Å². The van der Waals surface area contributed by atoms with Gasteiger partial charge in [0.15, 0.2) is 6.19 Å². The Morgan fingerprint density at radius 1 is 1.04 bits per heavy atom. The molecule has 5 heteroatoms. The van der Waals surface area contributed by atoms with Crippen LogP contribution in [0, 0.1) is 23.3 Å². The van der Waals surface area contributed by atoms with Crippen LogP contribution in [0.15, 0.2) is 0 Å². The van der Waals surface area contributed by atoms with Gasteiger partial charge in [-0.3, -0.25) is 9.69 Å². The van der Waals surface area contributed by atoms with Crippen LogP contribution < -0.4 is 0 Å². The molecule has 0 heterocycles. The molecule has 134 valence electrons. The third-order valence-electron chi connectivity index (χ3n) is 4.48. The SMILES string of the molecule is N#CN(CC#CC1(O)CCCCCCC1)CCCCCCC(=O)O. The maximum absolute atomic E-state index is 10.6. The molecule has 1 aliphatic rings. The first-order chi connectivity index (χ1) is 11.6. The summed E-state index contributed by atoms with van der Waals surface area (Å²) in [4.78, 5) is 12.0. The number of nitrogens with zero attached hydrogens (tertiary/aromatic N) is 2. The standard InChI is InChI=1S/C19H30N2O3/c20-17-21(15-9-5-2-6-11-18(22)23)16-10-14-19(24)12-7-3-1-4-8-13-19/h24H,1-9,11-13,15-16H2,(H,22,23). The molecule has 0 bridgehead atoms. The van der Waals surface area contributed by atoms with Crippen LogP contribution in [0.2, 0.25) is 0 Å². The van der Waals surface area contributed by atoms with Gasteiger partial charge < -0.3 is 10.2 Å². The second-order valence-corrected chi connectivity index (χ2v) is 6.68. The molecular formula is C19H30N2O3. The quantitative estimate of drug-likeness (QED) is 0.308. The number of unbranched alkanes of at least 4 members (excludes halogenated alkanes) is 3. The van der Waals surface area contributed by atoms with Crippen LogP contribution in [0.3, 0.4) is 0 Å². The topological polar surface area (TPSA) is 84.6 Å². The van der Waals surface area contributed by atoms with Crippen molar-refractivity contribution >= 4 is 5.97 Å². The summed E-state index contributed by atoms with van der Waals surface area (Å²) in [6.07, 6.45) is 12.8. The summed E-state index contributed by atoms with van der Waals surface area (Å²) in [5.41, 5.74) is -0.877. The van der Waals surface area contributed by atoms with Gasteiger partial charge >= 0.3 is 5.97 Å². The van der Waals surface area contributed by atoms with Crippen LogP contribution in [-0.2, 0) is 4.79 Å². The molecule has 2 N–H and O–H groups in total. The molecule has 0 amide bonds. The Balaban J connectivity index is 2.27. The lowest BCUT2D eigenvalue weighted by atomic mass is 9.87. The lowest BCUT2D eigenvalue weighted by Gasteiger charge is -2.24. The molecule has 24 heavy (non-hydrogen) atoms. The number of carboxylic acids is 1. The van der Waals surface area contributed by atoms with E-state index in [0.29, 0.717) is 19.5 Å². The fourth-order valence-electron chi connectivity index (χ4n) is 3.01. The molecule has 0 radical (unpaired) electrons. The molecule has 1 rings (SSSR count). The van der Waals surface area contributed by atoms with Crippen molar-refractivity contribution < 1.29 is 15.0 Å². The number of hydrogen-bond acceptors (Lipinski definition) is 4. The highest BCUT2D eigenvalue weighted by Crippen LogP contribution is 2.25. The molecule has 0 aliphatic heterocycles. The number of hydrogen-bond donors (Lipinski definition) is 2. The average molecular weight is 334 g/mol. The van der Waals surface area contributed by atoms with E-state index in [1.807, 2.05) is 0 Å². The van der Waals surface area contributed by atoms with E-state index in [9.17, 15) is 9.90 Å². The Kier molecular flexibility index (Phi) is 9.96. The van der Waals surface area contributed by atoms with E-state index in [1.54, 1.807) is 4.90 Å². The number of nitriles is 1. The predicted octanol–water partition coefficient (Wildman–Crippen LogP) is 3.28. The van der Waals surface area contributed by atoms with E-state index in [4.69, 9.17) is 10.4 Å². The van der Waals surface area contributed by atoms with Crippen LogP contribution in [-0.4, -0.2) is 39.8 Å². The lowest BCUT2D eigenvalue weighted by molar-refractivity contribution is -0.137. The number of carboxylic acid groups (broad SMARTS) is 1. The van der Waals surface area contributed by atoms with Crippen LogP contribution in [0.4, 0.5) is 0 Å². The highest BCUT2D eigenvalue weighted by Gasteiger charge is 2.24. The highest BCUT2D eigenvalue weighted by molar-refractivity contribution is 5.66.